The van der Waals surface area contributed by atoms with Crippen molar-refractivity contribution >= 4 is 32.2 Å². The van der Waals surface area contributed by atoms with Crippen LogP contribution in [-0.4, -0.2) is 20.9 Å². The number of hydrogen-bond donors (Lipinski definition) is 1. The summed E-state index contributed by atoms with van der Waals surface area (Å²) in [5, 5.41) is 14.2. The van der Waals surface area contributed by atoms with Crippen LogP contribution in [0.15, 0.2) is 39.0 Å². The van der Waals surface area contributed by atoms with Crippen LogP contribution in [0.3, 0.4) is 0 Å². The molecule has 0 spiro atoms. The fourth-order valence-electron chi connectivity index (χ4n) is 2.17. The van der Waals surface area contributed by atoms with Crippen molar-refractivity contribution in [2.75, 3.05) is 0 Å². The van der Waals surface area contributed by atoms with Crippen LogP contribution >= 0.6 is 27.3 Å². The van der Waals surface area contributed by atoms with Gasteiger partial charge in [-0.1, -0.05) is 35.4 Å². The van der Waals surface area contributed by atoms with Gasteiger partial charge in [0.25, 0.3) is 5.88 Å². The van der Waals surface area contributed by atoms with Gasteiger partial charge >= 0.3 is 16.7 Å². The van der Waals surface area contributed by atoms with Gasteiger partial charge in [-0.05, 0) is 37.3 Å². The van der Waals surface area contributed by atoms with Crippen molar-refractivity contribution in [2.24, 2.45) is 0 Å². The molecular weight excluding hydrogens is 399 g/mol. The van der Waals surface area contributed by atoms with Gasteiger partial charge in [0.15, 0.2) is 12.1 Å². The number of nitrogens with zero attached hydrogens (tertiary/aromatic N) is 3. The van der Waals surface area contributed by atoms with Gasteiger partial charge < -0.3 is 5.11 Å². The van der Waals surface area contributed by atoms with Crippen molar-refractivity contribution in [3.8, 4) is 17.0 Å². The Morgan fingerprint density at radius 2 is 1.96 bits per heavy atom. The van der Waals surface area contributed by atoms with Crippen LogP contribution in [-0.2, 0) is 6.54 Å². The van der Waals surface area contributed by atoms with Gasteiger partial charge in [0, 0.05) is 0 Å². The fraction of sp³-hybridized carbons (Fsp3) is 0.154. The molecule has 1 N–H and O–H groups in total. The standard InChI is InChI=1S/C13H7BrF3N3O2S/c14-11-18-20-10(22)8(7-4-2-1-3-5-7)9(21)19(12(20)23-11)6-13(15,16)17/h1-5H,6H2/p+1. The first kappa shape index (κ1) is 15.9. The Labute approximate surface area is 139 Å². The first-order valence-electron chi connectivity index (χ1n) is 6.24. The molecule has 10 heteroatoms. The second-order valence-electron chi connectivity index (χ2n) is 4.62. The van der Waals surface area contributed by atoms with E-state index >= 15 is 0 Å². The number of aromatic nitrogens is 3. The highest BCUT2D eigenvalue weighted by atomic mass is 79.9. The van der Waals surface area contributed by atoms with Gasteiger partial charge in [0.1, 0.15) is 0 Å². The molecule has 2 heterocycles. The van der Waals surface area contributed by atoms with Gasteiger partial charge in [0.05, 0.1) is 0 Å². The molecule has 0 aliphatic heterocycles. The first-order chi connectivity index (χ1) is 10.8. The van der Waals surface area contributed by atoms with Crippen LogP contribution in [0, 0.1) is 0 Å². The molecule has 5 nitrogen and oxygen atoms in total. The summed E-state index contributed by atoms with van der Waals surface area (Å²) in [4.78, 5) is 12.4. The Hall–Kier alpha value is -1.94. The Bertz CT molecular complexity index is 938. The van der Waals surface area contributed by atoms with Crippen LogP contribution in [0.5, 0.6) is 5.88 Å². The molecule has 0 saturated heterocycles. The van der Waals surface area contributed by atoms with Crippen LogP contribution in [0.25, 0.3) is 16.1 Å². The highest BCUT2D eigenvalue weighted by molar-refractivity contribution is 9.11. The summed E-state index contributed by atoms with van der Waals surface area (Å²) in [5.74, 6) is -0.741. The van der Waals surface area contributed by atoms with Gasteiger partial charge in [0.2, 0.25) is 3.92 Å². The van der Waals surface area contributed by atoms with E-state index in [0.717, 1.165) is 15.9 Å². The summed E-state index contributed by atoms with van der Waals surface area (Å²) in [5.41, 5.74) is -0.612. The quantitative estimate of drug-likeness (QED) is 0.665. The van der Waals surface area contributed by atoms with E-state index in [-0.39, 0.29) is 14.4 Å². The zero-order valence-electron chi connectivity index (χ0n) is 11.2. The lowest BCUT2D eigenvalue weighted by Crippen LogP contribution is -2.45. The van der Waals surface area contributed by atoms with E-state index < -0.39 is 24.2 Å². The smallest absolute Gasteiger partial charge is 0.426 e. The number of benzene rings is 1. The molecule has 3 rings (SSSR count). The third-order valence-electron chi connectivity index (χ3n) is 3.05. The third kappa shape index (κ3) is 2.95. The summed E-state index contributed by atoms with van der Waals surface area (Å²) >= 11 is 3.87. The van der Waals surface area contributed by atoms with Crippen LogP contribution in [0.2, 0.25) is 0 Å². The highest BCUT2D eigenvalue weighted by Crippen LogP contribution is 2.27. The zero-order chi connectivity index (χ0) is 16.8. The summed E-state index contributed by atoms with van der Waals surface area (Å²) in [6, 6.07) is 7.99. The second-order valence-corrected chi connectivity index (χ2v) is 6.85. The summed E-state index contributed by atoms with van der Waals surface area (Å²) in [7, 11) is 0. The van der Waals surface area contributed by atoms with E-state index in [1.807, 2.05) is 0 Å². The van der Waals surface area contributed by atoms with E-state index in [1.54, 1.807) is 18.2 Å². The SMILES string of the molecule is O=c1c(-c2ccccc2)c(O)[n+](CC(F)(F)F)c2sc(Br)nn12. The molecule has 0 saturated carbocycles. The van der Waals surface area contributed by atoms with Crippen molar-refractivity contribution in [2.45, 2.75) is 12.7 Å². The maximum Gasteiger partial charge on any atom is 0.426 e. The van der Waals surface area contributed by atoms with Gasteiger partial charge in [-0.15, -0.1) is 0 Å². The minimum atomic E-state index is -4.57. The van der Waals surface area contributed by atoms with E-state index in [2.05, 4.69) is 21.0 Å². The number of fused-ring (bicyclic) bond motifs is 1. The number of halogens is 4. The lowest BCUT2D eigenvalue weighted by molar-refractivity contribution is -0.701. The molecule has 23 heavy (non-hydrogen) atoms. The Kier molecular flexibility index (Phi) is 3.88. The minimum Gasteiger partial charge on any atom is -0.477 e. The summed E-state index contributed by atoms with van der Waals surface area (Å²) in [6.07, 6.45) is -4.57. The molecule has 0 amide bonds. The molecule has 0 atom stereocenters. The zero-order valence-corrected chi connectivity index (χ0v) is 13.6. The van der Waals surface area contributed by atoms with E-state index in [4.69, 9.17) is 0 Å². The van der Waals surface area contributed by atoms with E-state index in [1.165, 1.54) is 12.1 Å². The van der Waals surface area contributed by atoms with Crippen molar-refractivity contribution < 1.29 is 22.8 Å². The van der Waals surface area contributed by atoms with Crippen molar-refractivity contribution in [1.82, 2.24) is 9.61 Å². The predicted octanol–water partition coefficient (Wildman–Crippen LogP) is 2.74. The molecule has 3 aromatic rings. The maximum atomic E-state index is 12.8. The normalized spacial score (nSPS) is 12.0. The number of alkyl halides is 3. The number of aromatic hydroxyl groups is 1. The van der Waals surface area contributed by atoms with Gasteiger partial charge in [-0.3, -0.25) is 0 Å². The number of rotatable bonds is 2. The largest absolute Gasteiger partial charge is 0.477 e. The molecule has 120 valence electrons. The van der Waals surface area contributed by atoms with Crippen LogP contribution in [0.4, 0.5) is 13.2 Å². The molecule has 0 bridgehead atoms. The fourth-order valence-corrected chi connectivity index (χ4v) is 3.51. The number of hydrogen-bond acceptors (Lipinski definition) is 4. The van der Waals surface area contributed by atoms with Crippen molar-refractivity contribution in [1.29, 1.82) is 0 Å². The van der Waals surface area contributed by atoms with Crippen LogP contribution < -0.4 is 10.1 Å². The first-order valence-corrected chi connectivity index (χ1v) is 7.85. The lowest BCUT2D eigenvalue weighted by Gasteiger charge is -2.09. The molecule has 0 aliphatic carbocycles. The third-order valence-corrected chi connectivity index (χ3v) is 4.52. The summed E-state index contributed by atoms with van der Waals surface area (Å²) < 4.78 is 40.2. The Morgan fingerprint density at radius 3 is 2.57 bits per heavy atom. The minimum absolute atomic E-state index is 0.114. The summed E-state index contributed by atoms with van der Waals surface area (Å²) in [6.45, 7) is -1.43. The van der Waals surface area contributed by atoms with Gasteiger partial charge in [-0.25, -0.2) is 4.79 Å². The molecule has 1 aromatic carbocycles. The molecule has 0 unspecified atom stereocenters. The molecule has 0 fully saturated rings. The monoisotopic (exact) mass is 406 g/mol. The van der Waals surface area contributed by atoms with Crippen LogP contribution in [0.1, 0.15) is 0 Å². The maximum absolute atomic E-state index is 12.8. The lowest BCUT2D eigenvalue weighted by atomic mass is 10.1. The average Bonchev–Trinajstić information content (AvgIpc) is 2.86. The molecule has 0 radical (unpaired) electrons. The average molecular weight is 407 g/mol. The topological polar surface area (TPSA) is 58.5 Å². The second kappa shape index (κ2) is 5.60. The Morgan fingerprint density at radius 1 is 1.30 bits per heavy atom. The predicted molar refractivity (Wildman–Crippen MR) is 80.4 cm³/mol. The van der Waals surface area contributed by atoms with Crippen molar-refractivity contribution in [3.05, 3.63) is 44.6 Å². The van der Waals surface area contributed by atoms with Gasteiger partial charge in [-0.2, -0.15) is 17.7 Å². The Balaban J connectivity index is 2.40. The highest BCUT2D eigenvalue weighted by Gasteiger charge is 2.37. The molecule has 0 aliphatic rings. The molecular formula is C13H8BrF3N3O2S+. The molecule has 2 aromatic heterocycles. The van der Waals surface area contributed by atoms with Crippen molar-refractivity contribution in [3.63, 3.8) is 0 Å². The van der Waals surface area contributed by atoms with E-state index in [9.17, 15) is 23.1 Å². The van der Waals surface area contributed by atoms with E-state index in [0.29, 0.717) is 10.1 Å².